The standard InChI is InChI=1S/C21H26N2O3S3/c1-13(2)27-10-11-28-21-23-17-9-8-14(12-18(17)29-21)22-19(24)15-6-4-5-7-16(15)20(25)26-3/h4-5,8-9,12-13,15-16H,6-7,10-11H2,1-3H3,(H,22,24). The van der Waals surface area contributed by atoms with E-state index in [9.17, 15) is 9.59 Å². The third kappa shape index (κ3) is 5.99. The maximum absolute atomic E-state index is 12.8. The number of rotatable bonds is 8. The number of esters is 1. The number of fused-ring (bicyclic) bond motifs is 1. The fourth-order valence-electron chi connectivity index (χ4n) is 3.21. The Kier molecular flexibility index (Phi) is 8.03. The average Bonchev–Trinajstić information content (AvgIpc) is 3.12. The van der Waals surface area contributed by atoms with Crippen molar-refractivity contribution in [3.05, 3.63) is 30.4 Å². The first-order valence-electron chi connectivity index (χ1n) is 9.66. The van der Waals surface area contributed by atoms with Crippen LogP contribution in [0.1, 0.15) is 26.7 Å². The third-order valence-corrected chi connectivity index (χ3v) is 8.20. The molecule has 8 heteroatoms. The fraction of sp³-hybridized carbons (Fsp3) is 0.476. The summed E-state index contributed by atoms with van der Waals surface area (Å²) in [5.41, 5.74) is 1.68. The Labute approximate surface area is 184 Å². The van der Waals surface area contributed by atoms with Crippen LogP contribution in [0.5, 0.6) is 0 Å². The van der Waals surface area contributed by atoms with Gasteiger partial charge in [0, 0.05) is 17.2 Å². The van der Waals surface area contributed by atoms with E-state index in [2.05, 4.69) is 24.1 Å². The summed E-state index contributed by atoms with van der Waals surface area (Å²) in [6, 6.07) is 5.77. The molecular weight excluding hydrogens is 424 g/mol. The first-order chi connectivity index (χ1) is 14.0. The molecular formula is C21H26N2O3S3. The summed E-state index contributed by atoms with van der Waals surface area (Å²) in [4.78, 5) is 29.5. The molecule has 3 rings (SSSR count). The molecule has 0 bridgehead atoms. The summed E-state index contributed by atoms with van der Waals surface area (Å²) in [7, 11) is 1.37. The Morgan fingerprint density at radius 2 is 2.00 bits per heavy atom. The second kappa shape index (κ2) is 10.5. The van der Waals surface area contributed by atoms with Crippen LogP contribution in [0.4, 0.5) is 5.69 Å². The van der Waals surface area contributed by atoms with Gasteiger partial charge in [0.15, 0.2) is 4.34 Å². The van der Waals surface area contributed by atoms with Crippen molar-refractivity contribution in [3.63, 3.8) is 0 Å². The second-order valence-electron chi connectivity index (χ2n) is 7.10. The summed E-state index contributed by atoms with van der Waals surface area (Å²) < 4.78 is 6.97. The van der Waals surface area contributed by atoms with Gasteiger partial charge in [0.1, 0.15) is 0 Å². The van der Waals surface area contributed by atoms with E-state index < -0.39 is 11.8 Å². The first kappa shape index (κ1) is 22.2. The lowest BCUT2D eigenvalue weighted by atomic mass is 9.82. The van der Waals surface area contributed by atoms with E-state index in [1.165, 1.54) is 7.11 Å². The number of ether oxygens (including phenoxy) is 1. The summed E-state index contributed by atoms with van der Waals surface area (Å²) in [6.07, 6.45) is 4.97. The van der Waals surface area contributed by atoms with E-state index in [1.807, 2.05) is 42.1 Å². The van der Waals surface area contributed by atoms with Gasteiger partial charge in [-0.25, -0.2) is 4.98 Å². The molecule has 0 spiro atoms. The zero-order chi connectivity index (χ0) is 20.8. The molecule has 0 radical (unpaired) electrons. The summed E-state index contributed by atoms with van der Waals surface area (Å²) in [5.74, 6) is 0.837. The van der Waals surface area contributed by atoms with Gasteiger partial charge >= 0.3 is 5.97 Å². The van der Waals surface area contributed by atoms with E-state index in [1.54, 1.807) is 23.1 Å². The van der Waals surface area contributed by atoms with E-state index in [0.29, 0.717) is 18.1 Å². The van der Waals surface area contributed by atoms with Crippen LogP contribution in [-0.2, 0) is 14.3 Å². The number of methoxy groups -OCH3 is 1. The zero-order valence-electron chi connectivity index (χ0n) is 16.8. The number of carbonyl (C=O) groups is 2. The minimum Gasteiger partial charge on any atom is -0.469 e. The molecule has 1 aliphatic rings. The van der Waals surface area contributed by atoms with Crippen LogP contribution in [0.25, 0.3) is 10.2 Å². The number of anilines is 1. The third-order valence-electron chi connectivity index (χ3n) is 4.67. The van der Waals surface area contributed by atoms with Crippen molar-refractivity contribution in [2.45, 2.75) is 36.3 Å². The number of aromatic nitrogens is 1. The Morgan fingerprint density at radius 1 is 1.24 bits per heavy atom. The first-order valence-corrected chi connectivity index (χ1v) is 12.5. The number of benzene rings is 1. The molecule has 2 aromatic rings. The lowest BCUT2D eigenvalue weighted by Crippen LogP contribution is -2.35. The molecule has 1 aromatic heterocycles. The van der Waals surface area contributed by atoms with Crippen molar-refractivity contribution in [2.75, 3.05) is 23.9 Å². The van der Waals surface area contributed by atoms with Gasteiger partial charge in [0.2, 0.25) is 5.91 Å². The number of thioether (sulfide) groups is 2. The van der Waals surface area contributed by atoms with Crippen LogP contribution in [0.2, 0.25) is 0 Å². The summed E-state index contributed by atoms with van der Waals surface area (Å²) >= 11 is 5.38. The van der Waals surface area contributed by atoms with Crippen molar-refractivity contribution >= 4 is 62.6 Å². The zero-order valence-corrected chi connectivity index (χ0v) is 19.3. The Balaban J connectivity index is 1.64. The Bertz CT molecular complexity index is 894. The highest BCUT2D eigenvalue weighted by atomic mass is 32.2. The van der Waals surface area contributed by atoms with Crippen LogP contribution in [-0.4, -0.2) is 40.7 Å². The minimum absolute atomic E-state index is 0.145. The number of carbonyl (C=O) groups excluding carboxylic acids is 2. The highest BCUT2D eigenvalue weighted by molar-refractivity contribution is 8.04. The molecule has 29 heavy (non-hydrogen) atoms. The quantitative estimate of drug-likeness (QED) is 0.257. The molecule has 0 fully saturated rings. The van der Waals surface area contributed by atoms with Gasteiger partial charge in [-0.15, -0.1) is 11.3 Å². The minimum atomic E-state index is -0.427. The van der Waals surface area contributed by atoms with Gasteiger partial charge < -0.3 is 10.1 Å². The SMILES string of the molecule is COC(=O)C1CC=CCC1C(=O)Nc1ccc2nc(SCCSC(C)C)sc2c1. The van der Waals surface area contributed by atoms with Gasteiger partial charge in [-0.2, -0.15) is 11.8 Å². The van der Waals surface area contributed by atoms with E-state index in [4.69, 9.17) is 4.74 Å². The molecule has 2 unspecified atom stereocenters. The lowest BCUT2D eigenvalue weighted by molar-refractivity contribution is -0.149. The predicted octanol–water partition coefficient (Wildman–Crippen LogP) is 5.22. The maximum Gasteiger partial charge on any atom is 0.309 e. The van der Waals surface area contributed by atoms with E-state index >= 15 is 0 Å². The molecule has 1 heterocycles. The normalized spacial score (nSPS) is 18.9. The molecule has 156 valence electrons. The predicted molar refractivity (Wildman–Crippen MR) is 124 cm³/mol. The number of allylic oxidation sites excluding steroid dienone is 2. The molecule has 1 amide bonds. The number of hydrogen-bond acceptors (Lipinski definition) is 7. The van der Waals surface area contributed by atoms with Crippen molar-refractivity contribution in [2.24, 2.45) is 11.8 Å². The van der Waals surface area contributed by atoms with Gasteiger partial charge in [-0.1, -0.05) is 37.8 Å². The number of amides is 1. The van der Waals surface area contributed by atoms with Crippen molar-refractivity contribution in [3.8, 4) is 0 Å². The van der Waals surface area contributed by atoms with Gasteiger partial charge in [-0.05, 0) is 36.3 Å². The number of hydrogen-bond donors (Lipinski definition) is 1. The van der Waals surface area contributed by atoms with Crippen LogP contribution in [0.3, 0.4) is 0 Å². The molecule has 0 saturated carbocycles. The van der Waals surface area contributed by atoms with E-state index in [0.717, 1.165) is 31.7 Å². The van der Waals surface area contributed by atoms with Crippen molar-refractivity contribution in [1.82, 2.24) is 4.98 Å². The number of nitrogens with zero attached hydrogens (tertiary/aromatic N) is 1. The number of thiazole rings is 1. The van der Waals surface area contributed by atoms with Gasteiger partial charge in [0.25, 0.3) is 0 Å². The van der Waals surface area contributed by atoms with Gasteiger partial charge in [0.05, 0.1) is 29.2 Å². The Morgan fingerprint density at radius 3 is 2.72 bits per heavy atom. The number of nitrogens with one attached hydrogen (secondary N) is 1. The maximum atomic E-state index is 12.8. The molecule has 2 atom stereocenters. The van der Waals surface area contributed by atoms with E-state index in [-0.39, 0.29) is 11.9 Å². The topological polar surface area (TPSA) is 68.3 Å². The second-order valence-corrected chi connectivity index (χ2v) is 11.2. The lowest BCUT2D eigenvalue weighted by Gasteiger charge is -2.25. The largest absolute Gasteiger partial charge is 0.469 e. The molecule has 0 aliphatic heterocycles. The van der Waals surface area contributed by atoms with Gasteiger partial charge in [-0.3, -0.25) is 9.59 Å². The molecule has 1 aromatic carbocycles. The van der Waals surface area contributed by atoms with Crippen LogP contribution < -0.4 is 5.32 Å². The molecule has 1 aliphatic carbocycles. The smallest absolute Gasteiger partial charge is 0.309 e. The van der Waals surface area contributed by atoms with Crippen molar-refractivity contribution < 1.29 is 14.3 Å². The Hall–Kier alpha value is -1.51. The van der Waals surface area contributed by atoms with Crippen LogP contribution in [0, 0.1) is 11.8 Å². The monoisotopic (exact) mass is 450 g/mol. The highest BCUT2D eigenvalue weighted by Crippen LogP contribution is 2.33. The van der Waals surface area contributed by atoms with Crippen LogP contribution >= 0.6 is 34.9 Å². The average molecular weight is 451 g/mol. The summed E-state index contributed by atoms with van der Waals surface area (Å²) in [6.45, 7) is 4.42. The highest BCUT2D eigenvalue weighted by Gasteiger charge is 2.34. The summed E-state index contributed by atoms with van der Waals surface area (Å²) in [5, 5.41) is 3.62. The molecule has 1 N–H and O–H groups in total. The molecule has 5 nitrogen and oxygen atoms in total. The molecule has 0 saturated heterocycles. The van der Waals surface area contributed by atoms with Crippen LogP contribution in [0.15, 0.2) is 34.7 Å². The van der Waals surface area contributed by atoms with Crippen molar-refractivity contribution in [1.29, 1.82) is 0 Å². The fourth-order valence-corrected chi connectivity index (χ4v) is 6.23.